The van der Waals surface area contributed by atoms with Gasteiger partial charge in [0.25, 0.3) is 21.6 Å². The number of thioether (sulfide) groups is 1. The van der Waals surface area contributed by atoms with Crippen molar-refractivity contribution < 1.29 is 37.1 Å². The lowest BCUT2D eigenvalue weighted by Gasteiger charge is -2.57. The summed E-state index contributed by atoms with van der Waals surface area (Å²) in [5.41, 5.74) is 4.01. The molecule has 5 aliphatic rings. The van der Waals surface area contributed by atoms with Gasteiger partial charge in [0.15, 0.2) is 5.03 Å². The quantitative estimate of drug-likeness (QED) is 0.0895. The van der Waals surface area contributed by atoms with Gasteiger partial charge in [0.1, 0.15) is 28.6 Å². The molecule has 2 atom stereocenters. The smallest absolute Gasteiger partial charge is 0.291 e. The average Bonchev–Trinajstić information content (AvgIpc) is 3.79. The number of fused-ring (bicyclic) bond motifs is 2. The van der Waals surface area contributed by atoms with Crippen molar-refractivity contribution in [3.8, 4) is 17.4 Å². The van der Waals surface area contributed by atoms with E-state index in [9.17, 15) is 23.3 Å². The number of hydrogen-bond acceptors (Lipinski definition) is 14. The van der Waals surface area contributed by atoms with E-state index in [2.05, 4.69) is 67.6 Å². The topological polar surface area (TPSA) is 191 Å². The summed E-state index contributed by atoms with van der Waals surface area (Å²) in [5.74, 6) is 0.175. The van der Waals surface area contributed by atoms with E-state index >= 15 is 0 Å². The molecule has 5 aromatic rings. The summed E-state index contributed by atoms with van der Waals surface area (Å²) >= 11 is 1.28. The zero-order valence-electron chi connectivity index (χ0n) is 37.1. The number of carbonyl (C=O) groups excluding carboxylic acids is 1. The molecule has 3 aromatic heterocycles. The van der Waals surface area contributed by atoms with E-state index < -0.39 is 31.6 Å². The number of H-pyrrole nitrogens is 1. The van der Waals surface area contributed by atoms with Gasteiger partial charge in [-0.15, -0.1) is 11.8 Å². The highest BCUT2D eigenvalue weighted by atomic mass is 32.2. The Labute approximate surface area is 388 Å². The van der Waals surface area contributed by atoms with Crippen LogP contribution in [0.25, 0.3) is 11.0 Å². The third kappa shape index (κ3) is 9.09. The number of carbonyl (C=O) groups is 1. The minimum Gasteiger partial charge on any atom is -0.475 e. The van der Waals surface area contributed by atoms with Gasteiger partial charge in [-0.2, -0.15) is 13.4 Å². The molecule has 2 aromatic carbocycles. The second kappa shape index (κ2) is 18.4. The fraction of sp³-hybridized carbons (Fsp3) is 0.479. The Balaban J connectivity index is 0.854. The van der Waals surface area contributed by atoms with Crippen LogP contribution >= 0.6 is 11.8 Å². The molecule has 1 saturated carbocycles. The van der Waals surface area contributed by atoms with Gasteiger partial charge in [-0.05, 0) is 97.6 Å². The maximum Gasteiger partial charge on any atom is 0.291 e. The average molecular weight is 938 g/mol. The van der Waals surface area contributed by atoms with E-state index in [0.717, 1.165) is 88.3 Å². The van der Waals surface area contributed by atoms with Crippen molar-refractivity contribution in [1.29, 1.82) is 0 Å². The highest BCUT2D eigenvalue weighted by Gasteiger charge is 2.50. The molecule has 1 spiro atoms. The second-order valence-corrected chi connectivity index (χ2v) is 21.6. The minimum atomic E-state index is -4.73. The zero-order valence-corrected chi connectivity index (χ0v) is 38.8. The fourth-order valence-corrected chi connectivity index (χ4v) is 12.8. The number of nitrogens with one attached hydrogen (secondary N) is 2. The summed E-state index contributed by atoms with van der Waals surface area (Å²) in [6.07, 6.45) is 10.2. The predicted octanol–water partition coefficient (Wildman–Crippen LogP) is 8.39. The van der Waals surface area contributed by atoms with Gasteiger partial charge >= 0.3 is 0 Å². The molecule has 66 heavy (non-hydrogen) atoms. The molecule has 0 bridgehead atoms. The summed E-state index contributed by atoms with van der Waals surface area (Å²) in [7, 11) is -4.73. The Morgan fingerprint density at radius 1 is 1.03 bits per heavy atom. The molecule has 0 radical (unpaired) electrons. The van der Waals surface area contributed by atoms with Gasteiger partial charge in [0, 0.05) is 67.5 Å². The van der Waals surface area contributed by atoms with E-state index in [-0.39, 0.29) is 45.4 Å². The van der Waals surface area contributed by atoms with Crippen LogP contribution in [0.5, 0.6) is 17.4 Å². The molecule has 1 aliphatic carbocycles. The number of amides is 1. The number of anilines is 1. The van der Waals surface area contributed by atoms with Crippen LogP contribution in [0, 0.1) is 21.4 Å². The lowest BCUT2D eigenvalue weighted by Crippen LogP contribution is -2.58. The predicted molar refractivity (Wildman–Crippen MR) is 249 cm³/mol. The van der Waals surface area contributed by atoms with Gasteiger partial charge in [-0.25, -0.2) is 9.71 Å². The van der Waals surface area contributed by atoms with Crippen LogP contribution in [-0.4, -0.2) is 103 Å². The lowest BCUT2D eigenvalue weighted by atomic mass is 9.59. The molecule has 18 heteroatoms. The Morgan fingerprint density at radius 3 is 2.62 bits per heavy atom. The molecule has 7 heterocycles. The molecule has 16 nitrogen and oxygen atoms in total. The van der Waals surface area contributed by atoms with Crippen LogP contribution in [0.15, 0.2) is 83.0 Å². The maximum atomic E-state index is 14.1. The first-order valence-corrected chi connectivity index (χ1v) is 25.3. The van der Waals surface area contributed by atoms with Gasteiger partial charge < -0.3 is 28.8 Å². The summed E-state index contributed by atoms with van der Waals surface area (Å²) in [4.78, 5) is 42.6. The molecule has 1 amide bonds. The number of ether oxygens (including phenoxy) is 4. The standard InChI is InChI=1S/C48H55N7O9S2/c1-30(2)37-5-3-4-6-38(37)41-29-62-20-17-54(41)34-25-48(26-34)12-15-53(16-13-48)33-7-8-39(42(23-33)64-35-22-32-9-14-49-45(32)50-27-35)46(56)52-66(59,60)43-24-40(55(57)58)44-47(51-43)63-28-36(65-44)21-31-10-18-61-19-11-31/h3-9,14,22-24,27,30-31,34,36,41H,10-13,15-21,25-26,28-29H2,1-2H3,(H,49,50)(H,52,56)/t36-,41+/m0/s1. The first-order chi connectivity index (χ1) is 31.9. The molecule has 348 valence electrons. The van der Waals surface area contributed by atoms with Crippen molar-refractivity contribution >= 4 is 50.1 Å². The third-order valence-electron chi connectivity index (χ3n) is 14.2. The van der Waals surface area contributed by atoms with Crippen LogP contribution in [0.2, 0.25) is 0 Å². The summed E-state index contributed by atoms with van der Waals surface area (Å²) in [6.45, 7) is 10.1. The lowest BCUT2D eigenvalue weighted by molar-refractivity contribution is -0.388. The Kier molecular flexibility index (Phi) is 12.4. The summed E-state index contributed by atoms with van der Waals surface area (Å²) in [5, 5.41) is 12.4. The number of aromatic amines is 1. The van der Waals surface area contributed by atoms with Crippen molar-refractivity contribution in [2.75, 3.05) is 57.6 Å². The Bertz CT molecular complexity index is 2730. The molecule has 3 saturated heterocycles. The number of nitrogens with zero attached hydrogens (tertiary/aromatic N) is 5. The largest absolute Gasteiger partial charge is 0.475 e. The van der Waals surface area contributed by atoms with Gasteiger partial charge in [-0.3, -0.25) is 19.8 Å². The number of rotatable bonds is 12. The highest BCUT2D eigenvalue weighted by molar-refractivity contribution is 8.00. The molecule has 10 rings (SSSR count). The van der Waals surface area contributed by atoms with Crippen molar-refractivity contribution in [1.82, 2.24) is 24.6 Å². The fourth-order valence-electron chi connectivity index (χ4n) is 10.6. The zero-order chi connectivity index (χ0) is 45.6. The number of hydrogen-bond donors (Lipinski definition) is 2. The van der Waals surface area contributed by atoms with Crippen LogP contribution < -0.4 is 19.1 Å². The number of sulfonamides is 1. The van der Waals surface area contributed by atoms with E-state index in [1.165, 1.54) is 29.1 Å². The first kappa shape index (κ1) is 44.6. The van der Waals surface area contributed by atoms with Gasteiger partial charge in [-0.1, -0.05) is 38.1 Å². The molecule has 0 unspecified atom stereocenters. The minimum absolute atomic E-state index is 0.0545. The van der Waals surface area contributed by atoms with E-state index in [1.807, 2.05) is 6.07 Å². The first-order valence-electron chi connectivity index (χ1n) is 23.0. The van der Waals surface area contributed by atoms with Crippen molar-refractivity contribution in [3.05, 3.63) is 99.9 Å². The van der Waals surface area contributed by atoms with Crippen LogP contribution in [0.1, 0.15) is 92.2 Å². The SMILES string of the molecule is CC(C)c1ccccc1[C@H]1COCCN1C1CC2(CCN(c3ccc(C(=O)NS(=O)(=O)c4cc([N+](=O)[O-])c5c(n4)OC[C@H](CC4CCOCC4)S5)c(Oc4cnc5[nH]ccc5c4)c3)CC2)C1. The van der Waals surface area contributed by atoms with Crippen molar-refractivity contribution in [2.24, 2.45) is 11.3 Å². The number of aromatic nitrogens is 3. The molecular formula is C48H55N7O9S2. The maximum absolute atomic E-state index is 14.1. The number of nitro groups is 1. The van der Waals surface area contributed by atoms with Crippen LogP contribution in [0.3, 0.4) is 0 Å². The Morgan fingerprint density at radius 2 is 1.83 bits per heavy atom. The van der Waals surface area contributed by atoms with Crippen LogP contribution in [0.4, 0.5) is 11.4 Å². The normalized spacial score (nSPS) is 21.6. The molecular weight excluding hydrogens is 883 g/mol. The molecule has 2 N–H and O–H groups in total. The second-order valence-electron chi connectivity index (χ2n) is 18.7. The highest BCUT2D eigenvalue weighted by Crippen LogP contribution is 2.53. The number of piperidine rings is 1. The number of morpholine rings is 1. The van der Waals surface area contributed by atoms with Crippen LogP contribution in [-0.2, 0) is 19.5 Å². The van der Waals surface area contributed by atoms with E-state index in [1.54, 1.807) is 30.5 Å². The summed E-state index contributed by atoms with van der Waals surface area (Å²) in [6, 6.07) is 19.2. The number of benzene rings is 2. The monoisotopic (exact) mass is 937 g/mol. The molecule has 4 aliphatic heterocycles. The Hall–Kier alpha value is -5.27. The number of pyridine rings is 2. The molecule has 4 fully saturated rings. The third-order valence-corrected chi connectivity index (χ3v) is 16.7. The van der Waals surface area contributed by atoms with E-state index in [0.29, 0.717) is 49.1 Å². The summed E-state index contributed by atoms with van der Waals surface area (Å²) < 4.78 is 53.7. The van der Waals surface area contributed by atoms with Crippen molar-refractivity contribution in [2.45, 2.75) is 92.0 Å². The van der Waals surface area contributed by atoms with Gasteiger partial charge in [0.2, 0.25) is 5.88 Å². The van der Waals surface area contributed by atoms with Gasteiger partial charge in [0.05, 0.1) is 42.0 Å². The van der Waals surface area contributed by atoms with E-state index in [4.69, 9.17) is 18.9 Å². The van der Waals surface area contributed by atoms with Crippen molar-refractivity contribution in [3.63, 3.8) is 0 Å².